The van der Waals surface area contributed by atoms with Gasteiger partial charge in [0.05, 0.1) is 5.02 Å². The molecule has 1 saturated heterocycles. The molecule has 0 unspecified atom stereocenters. The molecule has 0 radical (unpaired) electrons. The molecular formula is C29H31ClN4O9S. The highest BCUT2D eigenvalue weighted by atomic mass is 35.5. The van der Waals surface area contributed by atoms with Gasteiger partial charge in [-0.15, -0.1) is 10.2 Å². The molecular weight excluding hydrogens is 616 g/mol. The van der Waals surface area contributed by atoms with Gasteiger partial charge < -0.3 is 29.0 Å². The molecule has 2 heterocycles. The van der Waals surface area contributed by atoms with Crippen LogP contribution in [0.3, 0.4) is 0 Å². The van der Waals surface area contributed by atoms with Crippen LogP contribution in [0.5, 0.6) is 5.75 Å². The number of hydrogen-bond acceptors (Lipinski definition) is 12. The van der Waals surface area contributed by atoms with Crippen molar-refractivity contribution in [1.29, 1.82) is 0 Å². The number of carbonyl (C=O) groups excluding carboxylic acids is 4. The monoisotopic (exact) mass is 646 g/mol. The van der Waals surface area contributed by atoms with Gasteiger partial charge in [-0.2, -0.15) is 0 Å². The molecule has 1 aromatic heterocycles. The van der Waals surface area contributed by atoms with E-state index in [1.54, 1.807) is 28.8 Å². The fraction of sp³-hybridized carbons (Fsp3) is 0.379. The predicted molar refractivity (Wildman–Crippen MR) is 157 cm³/mol. The Morgan fingerprint density at radius 2 is 1.57 bits per heavy atom. The lowest BCUT2D eigenvalue weighted by atomic mass is 9.97. The number of amides is 1. The number of benzene rings is 2. The molecule has 5 atom stereocenters. The molecule has 3 aromatic rings. The Hall–Kier alpha value is -4.14. The van der Waals surface area contributed by atoms with Crippen molar-refractivity contribution in [2.24, 2.45) is 0 Å². The number of para-hydroxylation sites is 2. The van der Waals surface area contributed by atoms with Crippen molar-refractivity contribution >= 4 is 47.2 Å². The molecule has 1 fully saturated rings. The van der Waals surface area contributed by atoms with E-state index >= 15 is 0 Å². The third-order valence-electron chi connectivity index (χ3n) is 6.20. The summed E-state index contributed by atoms with van der Waals surface area (Å²) in [5, 5.41) is 12.3. The second kappa shape index (κ2) is 15.0. The van der Waals surface area contributed by atoms with E-state index in [2.05, 4.69) is 15.5 Å². The lowest BCUT2D eigenvalue weighted by Gasteiger charge is -2.44. The van der Waals surface area contributed by atoms with Gasteiger partial charge in [-0.1, -0.05) is 53.7 Å². The largest absolute Gasteiger partial charge is 0.484 e. The van der Waals surface area contributed by atoms with Crippen LogP contribution in [0.25, 0.3) is 5.69 Å². The molecule has 1 amide bonds. The summed E-state index contributed by atoms with van der Waals surface area (Å²) in [6.45, 7) is 4.55. The number of carbonyl (C=O) groups is 4. The summed E-state index contributed by atoms with van der Waals surface area (Å²) < 4.78 is 30.3. The second-order valence-corrected chi connectivity index (χ2v) is 11.1. The van der Waals surface area contributed by atoms with Gasteiger partial charge >= 0.3 is 17.9 Å². The van der Waals surface area contributed by atoms with Crippen LogP contribution in [0.4, 0.5) is 0 Å². The second-order valence-electron chi connectivity index (χ2n) is 9.63. The highest BCUT2D eigenvalue weighted by molar-refractivity contribution is 7.99. The lowest BCUT2D eigenvalue weighted by molar-refractivity contribution is -0.211. The number of hydrogen-bond donors (Lipinski definition) is 1. The minimum Gasteiger partial charge on any atom is -0.484 e. The number of nitrogens with zero attached hydrogens (tertiary/aromatic N) is 3. The molecule has 1 N–H and O–H groups in total. The average molecular weight is 647 g/mol. The molecule has 0 saturated carbocycles. The van der Waals surface area contributed by atoms with Crippen LogP contribution in [0.15, 0.2) is 59.8 Å². The van der Waals surface area contributed by atoms with Gasteiger partial charge in [0.1, 0.15) is 36.5 Å². The Bertz CT molecular complexity index is 1490. The van der Waals surface area contributed by atoms with Crippen LogP contribution in [0.2, 0.25) is 5.02 Å². The van der Waals surface area contributed by atoms with E-state index < -0.39 is 53.6 Å². The highest BCUT2D eigenvalue weighted by Gasteiger charge is 2.51. The number of nitrogens with one attached hydrogen (secondary N) is 1. The van der Waals surface area contributed by atoms with Crippen LogP contribution in [-0.2, 0) is 44.7 Å². The molecule has 2 aromatic carbocycles. The number of halogens is 1. The molecule has 1 aliphatic heterocycles. The summed E-state index contributed by atoms with van der Waals surface area (Å²) in [7, 11) is 0. The zero-order valence-corrected chi connectivity index (χ0v) is 25.9. The number of esters is 3. The average Bonchev–Trinajstić information content (AvgIpc) is 3.36. The summed E-state index contributed by atoms with van der Waals surface area (Å²) in [6.07, 6.45) is -3.48. The van der Waals surface area contributed by atoms with E-state index in [0.29, 0.717) is 27.4 Å². The molecule has 0 aliphatic carbocycles. The predicted octanol–water partition coefficient (Wildman–Crippen LogP) is 3.25. The van der Waals surface area contributed by atoms with E-state index in [4.69, 9.17) is 35.3 Å². The Morgan fingerprint density at radius 3 is 2.20 bits per heavy atom. The molecule has 13 nitrogen and oxygen atoms in total. The molecule has 234 valence electrons. The standard InChI is InChI=1S/C29H31ClN4O9S/c1-16(35)31-25-27(42-19(4)38)26(41-18(3)37)23(14-39-17(2)36)43-28(25)44-29-33-32-24(34(29)20-10-6-5-7-11-20)15-40-22-13-9-8-12-21(22)30/h5-13,23,25-28H,14-15H2,1-4H3,(H,31,35)/t23-,25-,26-,27-,28+/m1/s1. The number of aromatic nitrogens is 3. The molecule has 0 bridgehead atoms. The Labute approximate surface area is 262 Å². The highest BCUT2D eigenvalue weighted by Crippen LogP contribution is 2.37. The van der Waals surface area contributed by atoms with Crippen LogP contribution >= 0.6 is 23.4 Å². The van der Waals surface area contributed by atoms with Crippen molar-refractivity contribution in [2.75, 3.05) is 6.61 Å². The first-order chi connectivity index (χ1) is 21.0. The summed E-state index contributed by atoms with van der Waals surface area (Å²) >= 11 is 7.34. The van der Waals surface area contributed by atoms with Gasteiger partial charge in [0.25, 0.3) is 0 Å². The quantitative estimate of drug-likeness (QED) is 0.240. The van der Waals surface area contributed by atoms with Crippen molar-refractivity contribution in [3.63, 3.8) is 0 Å². The summed E-state index contributed by atoms with van der Waals surface area (Å²) in [5.41, 5.74) is -0.282. The van der Waals surface area contributed by atoms with Crippen LogP contribution in [0.1, 0.15) is 33.5 Å². The molecule has 4 rings (SSSR count). The Morgan fingerprint density at radius 1 is 0.909 bits per heavy atom. The Kier molecular flexibility index (Phi) is 11.2. The first-order valence-corrected chi connectivity index (χ1v) is 14.7. The van der Waals surface area contributed by atoms with Crippen molar-refractivity contribution in [2.45, 2.75) is 69.2 Å². The SMILES string of the molecule is CC(=O)N[C@@H]1[C@@H](OC(C)=O)[C@H](OC(C)=O)[C@@H](COC(C)=O)O[C@H]1Sc1nnc(COc2ccccc2Cl)n1-c1ccccc1. The van der Waals surface area contributed by atoms with Crippen molar-refractivity contribution in [3.8, 4) is 11.4 Å². The van der Waals surface area contributed by atoms with Gasteiger partial charge in [-0.25, -0.2) is 0 Å². The smallest absolute Gasteiger partial charge is 0.303 e. The maximum Gasteiger partial charge on any atom is 0.303 e. The maximum atomic E-state index is 12.4. The van der Waals surface area contributed by atoms with Crippen LogP contribution in [-0.4, -0.2) is 75.0 Å². The third kappa shape index (κ3) is 8.49. The van der Waals surface area contributed by atoms with Gasteiger partial charge in [-0.05, 0) is 24.3 Å². The number of thioether (sulfide) groups is 1. The topological polar surface area (TPSA) is 157 Å². The van der Waals surface area contributed by atoms with Crippen molar-refractivity contribution in [3.05, 3.63) is 65.4 Å². The first-order valence-electron chi connectivity index (χ1n) is 13.5. The van der Waals surface area contributed by atoms with Gasteiger partial charge in [0.15, 0.2) is 23.2 Å². The minimum atomic E-state index is -1.21. The minimum absolute atomic E-state index is 0.00646. The van der Waals surface area contributed by atoms with Crippen molar-refractivity contribution < 1.29 is 42.9 Å². The van der Waals surface area contributed by atoms with E-state index in [1.807, 2.05) is 30.3 Å². The Balaban J connectivity index is 1.73. The molecule has 0 spiro atoms. The maximum absolute atomic E-state index is 12.4. The fourth-order valence-electron chi connectivity index (χ4n) is 4.51. The molecule has 44 heavy (non-hydrogen) atoms. The molecule has 1 aliphatic rings. The number of rotatable bonds is 11. The van der Waals surface area contributed by atoms with E-state index in [-0.39, 0.29) is 13.2 Å². The van der Waals surface area contributed by atoms with E-state index in [0.717, 1.165) is 11.8 Å². The van der Waals surface area contributed by atoms with E-state index in [1.165, 1.54) is 27.7 Å². The fourth-order valence-corrected chi connectivity index (χ4v) is 5.88. The first kappa shape index (κ1) is 32.8. The lowest BCUT2D eigenvalue weighted by Crippen LogP contribution is -2.65. The van der Waals surface area contributed by atoms with E-state index in [9.17, 15) is 19.2 Å². The third-order valence-corrected chi connectivity index (χ3v) is 7.62. The van der Waals surface area contributed by atoms with Crippen molar-refractivity contribution in [1.82, 2.24) is 20.1 Å². The number of ether oxygens (including phenoxy) is 5. The van der Waals surface area contributed by atoms with Gasteiger partial charge in [0.2, 0.25) is 5.91 Å². The van der Waals surface area contributed by atoms with Gasteiger partial charge in [0, 0.05) is 33.4 Å². The van der Waals surface area contributed by atoms with Crippen LogP contribution in [0, 0.1) is 0 Å². The summed E-state index contributed by atoms with van der Waals surface area (Å²) in [6, 6.07) is 15.2. The zero-order valence-electron chi connectivity index (χ0n) is 24.3. The zero-order chi connectivity index (χ0) is 31.8. The summed E-state index contributed by atoms with van der Waals surface area (Å²) in [5.74, 6) is -1.55. The van der Waals surface area contributed by atoms with Crippen LogP contribution < -0.4 is 10.1 Å². The molecule has 15 heteroatoms. The normalized spacial score (nSPS) is 21.2. The summed E-state index contributed by atoms with van der Waals surface area (Å²) in [4.78, 5) is 48.3. The van der Waals surface area contributed by atoms with Gasteiger partial charge in [-0.3, -0.25) is 23.7 Å².